The van der Waals surface area contributed by atoms with Crippen LogP contribution in [0, 0.1) is 5.82 Å². The van der Waals surface area contributed by atoms with E-state index in [0.717, 1.165) is 10.4 Å². The third-order valence-corrected chi connectivity index (χ3v) is 6.22. The fourth-order valence-electron chi connectivity index (χ4n) is 2.77. The van der Waals surface area contributed by atoms with Gasteiger partial charge in [-0.05, 0) is 24.6 Å². The van der Waals surface area contributed by atoms with Crippen molar-refractivity contribution in [1.29, 1.82) is 0 Å². The number of aryl methyl sites for hydroxylation is 1. The highest BCUT2D eigenvalue weighted by Crippen LogP contribution is 2.22. The van der Waals surface area contributed by atoms with E-state index in [2.05, 4.69) is 20.3 Å². The van der Waals surface area contributed by atoms with Crippen LogP contribution in [0.2, 0.25) is 5.02 Å². The van der Waals surface area contributed by atoms with Gasteiger partial charge in [0.25, 0.3) is 10.2 Å². The number of halogens is 2. The van der Waals surface area contributed by atoms with Gasteiger partial charge in [0.15, 0.2) is 5.82 Å². The van der Waals surface area contributed by atoms with E-state index in [9.17, 15) is 22.4 Å². The minimum atomic E-state index is -4.09. The number of aromatic nitrogens is 2. The van der Waals surface area contributed by atoms with E-state index in [1.165, 1.54) is 25.5 Å². The molecule has 0 spiro atoms. The normalized spacial score (nSPS) is 21.5. The molecule has 0 saturated carbocycles. The molecule has 1 aromatic heterocycles. The van der Waals surface area contributed by atoms with Crippen molar-refractivity contribution in [2.75, 3.05) is 17.7 Å². The molecule has 29 heavy (non-hydrogen) atoms. The second kappa shape index (κ2) is 8.06. The summed E-state index contributed by atoms with van der Waals surface area (Å²) in [6, 6.07) is 1.20. The first-order chi connectivity index (χ1) is 13.6. The highest BCUT2D eigenvalue weighted by molar-refractivity contribution is 7.87. The summed E-state index contributed by atoms with van der Waals surface area (Å²) in [6.45, 7) is 0. The molecule has 1 aliphatic rings. The molecule has 1 aliphatic heterocycles. The van der Waals surface area contributed by atoms with Gasteiger partial charge in [0.05, 0.1) is 11.3 Å². The van der Waals surface area contributed by atoms with Gasteiger partial charge < -0.3 is 15.2 Å². The van der Waals surface area contributed by atoms with Gasteiger partial charge in [-0.25, -0.2) is 9.37 Å². The molecule has 156 valence electrons. The zero-order valence-corrected chi connectivity index (χ0v) is 17.0. The molecule has 3 N–H and O–H groups in total. The smallest absolute Gasteiger partial charge is 0.280 e. The van der Waals surface area contributed by atoms with E-state index in [0.29, 0.717) is 0 Å². The largest absolute Gasteiger partial charge is 0.338 e. The lowest BCUT2D eigenvalue weighted by molar-refractivity contribution is -0.121. The van der Waals surface area contributed by atoms with Gasteiger partial charge in [0.1, 0.15) is 17.9 Å². The number of anilines is 2. The number of carbonyl (C=O) groups is 2. The summed E-state index contributed by atoms with van der Waals surface area (Å²) in [6.07, 6.45) is 2.89. The lowest BCUT2D eigenvalue weighted by atomic mass is 10.1. The van der Waals surface area contributed by atoms with Crippen LogP contribution >= 0.6 is 11.6 Å². The van der Waals surface area contributed by atoms with Crippen molar-refractivity contribution in [3.63, 3.8) is 0 Å². The molecule has 2 unspecified atom stereocenters. The van der Waals surface area contributed by atoms with Gasteiger partial charge in [-0.1, -0.05) is 11.6 Å². The van der Waals surface area contributed by atoms with Crippen molar-refractivity contribution in [1.82, 2.24) is 18.6 Å². The van der Waals surface area contributed by atoms with Crippen LogP contribution < -0.4 is 15.4 Å². The van der Waals surface area contributed by atoms with Gasteiger partial charge in [0.2, 0.25) is 11.8 Å². The zero-order valence-electron chi connectivity index (χ0n) is 15.4. The summed E-state index contributed by atoms with van der Waals surface area (Å²) in [7, 11) is -1.16. The first kappa shape index (κ1) is 21.2. The van der Waals surface area contributed by atoms with Crippen molar-refractivity contribution in [3.8, 4) is 0 Å². The summed E-state index contributed by atoms with van der Waals surface area (Å²) in [5.41, 5.74) is 0.195. The summed E-state index contributed by atoms with van der Waals surface area (Å²) < 4.78 is 42.7. The lowest BCUT2D eigenvalue weighted by Gasteiger charge is -2.35. The molecule has 1 saturated heterocycles. The maximum Gasteiger partial charge on any atom is 0.280 e. The number of rotatable bonds is 4. The average Bonchev–Trinajstić information content (AvgIpc) is 3.04. The first-order valence-electron chi connectivity index (χ1n) is 8.37. The Morgan fingerprint density at radius 3 is 2.62 bits per heavy atom. The monoisotopic (exact) mass is 444 g/mol. The maximum atomic E-state index is 13.3. The second-order valence-corrected chi connectivity index (χ2v) is 8.64. The Balaban J connectivity index is 1.76. The Kier molecular flexibility index (Phi) is 5.89. The molecule has 2 aromatic rings. The first-order valence-corrected chi connectivity index (χ1v) is 10.2. The van der Waals surface area contributed by atoms with Crippen molar-refractivity contribution in [2.45, 2.75) is 18.5 Å². The van der Waals surface area contributed by atoms with Crippen LogP contribution in [0.1, 0.15) is 6.42 Å². The molecule has 3 rings (SSSR count). The number of hydrogen-bond donors (Lipinski definition) is 3. The number of nitrogens with one attached hydrogen (secondary N) is 3. The molecule has 1 fully saturated rings. The fraction of sp³-hybridized carbons (Fsp3) is 0.312. The van der Waals surface area contributed by atoms with Gasteiger partial charge >= 0.3 is 0 Å². The summed E-state index contributed by atoms with van der Waals surface area (Å²) in [4.78, 5) is 29.1. The van der Waals surface area contributed by atoms with Crippen LogP contribution in [0.4, 0.5) is 15.9 Å². The molecule has 2 heterocycles. The molecular weight excluding hydrogens is 427 g/mol. The van der Waals surface area contributed by atoms with Gasteiger partial charge in [0, 0.05) is 26.0 Å². The van der Waals surface area contributed by atoms with Crippen molar-refractivity contribution in [2.24, 2.45) is 7.05 Å². The average molecular weight is 445 g/mol. The molecule has 1 aromatic carbocycles. The van der Waals surface area contributed by atoms with E-state index in [-0.39, 0.29) is 22.9 Å². The quantitative estimate of drug-likeness (QED) is 0.640. The summed E-state index contributed by atoms with van der Waals surface area (Å²) in [5, 5.41) is 4.80. The van der Waals surface area contributed by atoms with Crippen LogP contribution in [0.15, 0.2) is 30.7 Å². The van der Waals surface area contributed by atoms with Crippen molar-refractivity contribution in [3.05, 3.63) is 41.6 Å². The third-order valence-electron chi connectivity index (χ3n) is 4.33. The Morgan fingerprint density at radius 1 is 1.28 bits per heavy atom. The minimum absolute atomic E-state index is 0.130. The highest BCUT2D eigenvalue weighted by atomic mass is 35.5. The van der Waals surface area contributed by atoms with Crippen LogP contribution in [-0.2, 0) is 26.8 Å². The third kappa shape index (κ3) is 4.72. The van der Waals surface area contributed by atoms with E-state index in [1.807, 2.05) is 0 Å². The molecule has 2 atom stereocenters. The second-order valence-electron chi connectivity index (χ2n) is 6.47. The summed E-state index contributed by atoms with van der Waals surface area (Å²) >= 11 is 5.70. The molecule has 0 radical (unpaired) electrons. The van der Waals surface area contributed by atoms with Crippen LogP contribution in [0.25, 0.3) is 0 Å². The number of amides is 2. The Morgan fingerprint density at radius 2 is 2.00 bits per heavy atom. The SMILES string of the molecule is CN1C(C(=O)Nc2ccc(F)c(Cl)c2)CC(C(=O)Nc2cn(C)cn2)NS1(=O)=O. The number of carbonyl (C=O) groups excluding carboxylic acids is 2. The maximum absolute atomic E-state index is 13.3. The number of hydrogen-bond acceptors (Lipinski definition) is 5. The van der Waals surface area contributed by atoms with Crippen molar-refractivity contribution < 1.29 is 22.4 Å². The van der Waals surface area contributed by atoms with Crippen LogP contribution in [0.3, 0.4) is 0 Å². The molecule has 0 bridgehead atoms. The molecule has 2 amide bonds. The Labute approximate surface area is 171 Å². The fourth-order valence-corrected chi connectivity index (χ4v) is 4.20. The standard InChI is InChI=1S/C16H18ClFN6O4S/c1-23-7-14(19-8-23)21-15(25)12-6-13(24(2)29(27,28)22-12)16(26)20-9-3-4-11(18)10(17)5-9/h3-5,7-8,12-13,22H,6H2,1-2H3,(H,20,26)(H,21,25). The summed E-state index contributed by atoms with van der Waals surface area (Å²) in [5.74, 6) is -1.74. The predicted molar refractivity (Wildman–Crippen MR) is 104 cm³/mol. The van der Waals surface area contributed by atoms with Gasteiger partial charge in [-0.15, -0.1) is 0 Å². The lowest BCUT2D eigenvalue weighted by Crippen LogP contribution is -2.61. The Bertz CT molecular complexity index is 1060. The Hall–Kier alpha value is -2.54. The van der Waals surface area contributed by atoms with Crippen LogP contribution in [0.5, 0.6) is 0 Å². The van der Waals surface area contributed by atoms with Gasteiger partial charge in [-0.3, -0.25) is 9.59 Å². The number of likely N-dealkylation sites (N-methyl/N-ethyl adjacent to an activating group) is 1. The van der Waals surface area contributed by atoms with Crippen LogP contribution in [-0.4, -0.2) is 53.2 Å². The number of nitrogens with zero attached hydrogens (tertiary/aromatic N) is 3. The van der Waals surface area contributed by atoms with E-state index in [1.54, 1.807) is 17.8 Å². The van der Waals surface area contributed by atoms with Gasteiger partial charge in [-0.2, -0.15) is 17.4 Å². The zero-order chi connectivity index (χ0) is 21.3. The molecule has 0 aliphatic carbocycles. The van der Waals surface area contributed by atoms with Crippen molar-refractivity contribution >= 4 is 45.1 Å². The molecular formula is C16H18ClFN6O4S. The topological polar surface area (TPSA) is 125 Å². The molecule has 13 heteroatoms. The number of benzene rings is 1. The van der Waals surface area contributed by atoms with E-state index < -0.39 is 39.9 Å². The van der Waals surface area contributed by atoms with E-state index in [4.69, 9.17) is 11.6 Å². The minimum Gasteiger partial charge on any atom is -0.338 e. The van der Waals surface area contributed by atoms with E-state index >= 15 is 0 Å². The predicted octanol–water partition coefficient (Wildman–Crippen LogP) is 0.697. The highest BCUT2D eigenvalue weighted by Gasteiger charge is 2.42. The molecule has 10 nitrogen and oxygen atoms in total. The number of imidazole rings is 1.